The maximum Gasteiger partial charge on any atom is 0.328 e. The van der Waals surface area contributed by atoms with Crippen molar-refractivity contribution in [2.45, 2.75) is 64.0 Å². The molecule has 0 spiro atoms. The molecule has 8 nitrogen and oxygen atoms in total. The number of para-hydroxylation sites is 1. The average molecular weight is 436 g/mol. The fraction of sp³-hybridized carbons (Fsp3) is 0.458. The Kier molecular flexibility index (Phi) is 5.15. The van der Waals surface area contributed by atoms with Crippen molar-refractivity contribution in [1.29, 1.82) is 0 Å². The second kappa shape index (κ2) is 8.00. The molecule has 2 aliphatic rings. The van der Waals surface area contributed by atoms with Gasteiger partial charge in [0.15, 0.2) is 0 Å². The molecule has 0 amide bonds. The standard InChI is InChI=1S/C24H29N5O3/c1-15-20(23(31)29(27(15)2)17-11-7-4-8-12-17)25-19-14-13-18-21(19)26-24(32)28(22(18)30)16-9-5-3-6-10-16/h4,7-8,11-12,16,19,25H,3,5-6,9-10,13-14H2,1-2H3,(H,26,32). The summed E-state index contributed by atoms with van der Waals surface area (Å²) in [4.78, 5) is 42.3. The van der Waals surface area contributed by atoms with Crippen molar-refractivity contribution in [3.8, 4) is 5.69 Å². The van der Waals surface area contributed by atoms with Crippen molar-refractivity contribution in [3.05, 3.63) is 78.5 Å². The highest BCUT2D eigenvalue weighted by Crippen LogP contribution is 2.32. The molecule has 1 fully saturated rings. The Morgan fingerprint density at radius 2 is 1.69 bits per heavy atom. The number of aromatic amines is 1. The van der Waals surface area contributed by atoms with E-state index in [9.17, 15) is 14.4 Å². The molecule has 168 valence electrons. The Labute approximate surface area is 185 Å². The lowest BCUT2D eigenvalue weighted by atomic mass is 9.95. The second-order valence-corrected chi connectivity index (χ2v) is 8.96. The van der Waals surface area contributed by atoms with Gasteiger partial charge >= 0.3 is 5.69 Å². The summed E-state index contributed by atoms with van der Waals surface area (Å²) in [5.41, 5.74) is 2.73. The number of fused-ring (bicyclic) bond motifs is 1. The molecule has 1 unspecified atom stereocenters. The fourth-order valence-electron chi connectivity index (χ4n) is 5.30. The Morgan fingerprint density at radius 1 is 0.969 bits per heavy atom. The molecule has 32 heavy (non-hydrogen) atoms. The van der Waals surface area contributed by atoms with Crippen molar-refractivity contribution in [2.24, 2.45) is 7.05 Å². The highest BCUT2D eigenvalue weighted by molar-refractivity contribution is 5.51. The van der Waals surface area contributed by atoms with Crippen LogP contribution >= 0.6 is 0 Å². The summed E-state index contributed by atoms with van der Waals surface area (Å²) < 4.78 is 4.88. The molecule has 8 heteroatoms. The van der Waals surface area contributed by atoms with E-state index < -0.39 is 0 Å². The molecular formula is C24H29N5O3. The summed E-state index contributed by atoms with van der Waals surface area (Å²) in [5, 5.41) is 3.35. The van der Waals surface area contributed by atoms with Gasteiger partial charge in [0, 0.05) is 18.7 Å². The van der Waals surface area contributed by atoms with Gasteiger partial charge in [-0.15, -0.1) is 0 Å². The van der Waals surface area contributed by atoms with Crippen LogP contribution in [0.5, 0.6) is 0 Å². The minimum absolute atomic E-state index is 0.00764. The third-order valence-corrected chi connectivity index (χ3v) is 7.11. The van der Waals surface area contributed by atoms with E-state index in [-0.39, 0.29) is 28.9 Å². The molecular weight excluding hydrogens is 406 g/mol. The van der Waals surface area contributed by atoms with Crippen LogP contribution in [0.4, 0.5) is 5.69 Å². The summed E-state index contributed by atoms with van der Waals surface area (Å²) in [7, 11) is 1.85. The first-order chi connectivity index (χ1) is 15.5. The lowest BCUT2D eigenvalue weighted by Crippen LogP contribution is -2.41. The zero-order chi connectivity index (χ0) is 22.4. The molecule has 1 saturated carbocycles. The van der Waals surface area contributed by atoms with Gasteiger partial charge in [-0.05, 0) is 44.7 Å². The minimum atomic E-state index is -0.333. The lowest BCUT2D eigenvalue weighted by Gasteiger charge is -2.23. The van der Waals surface area contributed by atoms with Crippen LogP contribution < -0.4 is 22.1 Å². The first-order valence-electron chi connectivity index (χ1n) is 11.5. The van der Waals surface area contributed by atoms with E-state index in [1.165, 1.54) is 4.57 Å². The van der Waals surface area contributed by atoms with Crippen molar-refractivity contribution in [2.75, 3.05) is 5.32 Å². The minimum Gasteiger partial charge on any atom is -0.371 e. The normalized spacial score (nSPS) is 18.6. The van der Waals surface area contributed by atoms with Crippen LogP contribution in [0.2, 0.25) is 0 Å². The Bertz CT molecular complexity index is 1320. The number of benzene rings is 1. The zero-order valence-corrected chi connectivity index (χ0v) is 18.6. The topological polar surface area (TPSA) is 93.8 Å². The molecule has 2 aliphatic carbocycles. The smallest absolute Gasteiger partial charge is 0.328 e. The van der Waals surface area contributed by atoms with Crippen LogP contribution in [-0.2, 0) is 13.5 Å². The Balaban J connectivity index is 1.51. The van der Waals surface area contributed by atoms with Crippen molar-refractivity contribution < 1.29 is 0 Å². The maximum atomic E-state index is 13.2. The number of aromatic nitrogens is 4. The summed E-state index contributed by atoms with van der Waals surface area (Å²) in [6.07, 6.45) is 6.29. The molecule has 3 aromatic rings. The van der Waals surface area contributed by atoms with Crippen molar-refractivity contribution in [3.63, 3.8) is 0 Å². The molecule has 2 N–H and O–H groups in total. The molecule has 0 saturated heterocycles. The highest BCUT2D eigenvalue weighted by atomic mass is 16.2. The Hall–Kier alpha value is -3.29. The number of H-pyrrole nitrogens is 1. The van der Waals surface area contributed by atoms with Crippen molar-refractivity contribution in [1.82, 2.24) is 18.9 Å². The van der Waals surface area contributed by atoms with Gasteiger partial charge in [-0.25, -0.2) is 9.48 Å². The molecule has 1 atom stereocenters. The van der Waals surface area contributed by atoms with Crippen LogP contribution in [0.1, 0.15) is 67.6 Å². The van der Waals surface area contributed by atoms with Crippen LogP contribution in [0.25, 0.3) is 5.69 Å². The van der Waals surface area contributed by atoms with E-state index in [1.807, 2.05) is 49.0 Å². The van der Waals surface area contributed by atoms with E-state index in [0.29, 0.717) is 29.8 Å². The first-order valence-corrected chi connectivity index (χ1v) is 11.5. The third kappa shape index (κ3) is 3.25. The second-order valence-electron chi connectivity index (χ2n) is 8.96. The van der Waals surface area contributed by atoms with E-state index in [0.717, 1.165) is 43.5 Å². The number of nitrogens with zero attached hydrogens (tertiary/aromatic N) is 3. The van der Waals surface area contributed by atoms with E-state index in [4.69, 9.17) is 0 Å². The van der Waals surface area contributed by atoms with E-state index in [2.05, 4.69) is 10.3 Å². The molecule has 2 aromatic heterocycles. The van der Waals surface area contributed by atoms with Crippen LogP contribution in [0, 0.1) is 6.92 Å². The number of hydrogen-bond acceptors (Lipinski definition) is 4. The summed E-state index contributed by atoms with van der Waals surface area (Å²) in [6.45, 7) is 1.89. The SMILES string of the molecule is Cc1c(NC2CCc3c2[nH]c(=O)n(C2CCCCC2)c3=O)c(=O)n(-c2ccccc2)n1C. The number of rotatable bonds is 4. The largest absolute Gasteiger partial charge is 0.371 e. The molecule has 2 heterocycles. The number of anilines is 1. The van der Waals surface area contributed by atoms with Gasteiger partial charge in [-0.2, -0.15) is 0 Å². The monoisotopic (exact) mass is 435 g/mol. The van der Waals surface area contributed by atoms with Gasteiger partial charge < -0.3 is 10.3 Å². The van der Waals surface area contributed by atoms with Crippen LogP contribution in [0.3, 0.4) is 0 Å². The Morgan fingerprint density at radius 3 is 2.41 bits per heavy atom. The quantitative estimate of drug-likeness (QED) is 0.659. The highest BCUT2D eigenvalue weighted by Gasteiger charge is 2.31. The summed E-state index contributed by atoms with van der Waals surface area (Å²) in [6, 6.07) is 9.20. The predicted octanol–water partition coefficient (Wildman–Crippen LogP) is 2.94. The zero-order valence-electron chi connectivity index (χ0n) is 18.6. The fourth-order valence-corrected chi connectivity index (χ4v) is 5.30. The van der Waals surface area contributed by atoms with Crippen molar-refractivity contribution >= 4 is 5.69 Å². The molecule has 0 radical (unpaired) electrons. The molecule has 5 rings (SSSR count). The molecule has 1 aromatic carbocycles. The third-order valence-electron chi connectivity index (χ3n) is 7.11. The molecule has 0 aliphatic heterocycles. The first kappa shape index (κ1) is 20.6. The van der Waals surface area contributed by atoms with Gasteiger partial charge in [-0.3, -0.25) is 18.8 Å². The predicted molar refractivity (Wildman–Crippen MR) is 124 cm³/mol. The van der Waals surface area contributed by atoms with Gasteiger partial charge in [0.25, 0.3) is 11.1 Å². The van der Waals surface area contributed by atoms with Gasteiger partial charge in [0.2, 0.25) is 0 Å². The van der Waals surface area contributed by atoms with E-state index in [1.54, 1.807) is 4.68 Å². The van der Waals surface area contributed by atoms with Gasteiger partial charge in [0.05, 0.1) is 23.1 Å². The lowest BCUT2D eigenvalue weighted by molar-refractivity contribution is 0.335. The van der Waals surface area contributed by atoms with Gasteiger partial charge in [-0.1, -0.05) is 37.5 Å². The number of hydrogen-bond donors (Lipinski definition) is 2. The molecule has 0 bridgehead atoms. The average Bonchev–Trinajstić information content (AvgIpc) is 3.29. The van der Waals surface area contributed by atoms with Crippen LogP contribution in [-0.4, -0.2) is 18.9 Å². The summed E-state index contributed by atoms with van der Waals surface area (Å²) in [5.74, 6) is 0. The number of nitrogens with one attached hydrogen (secondary N) is 2. The summed E-state index contributed by atoms with van der Waals surface area (Å²) >= 11 is 0. The van der Waals surface area contributed by atoms with E-state index >= 15 is 0 Å². The maximum absolute atomic E-state index is 13.2. The van der Waals surface area contributed by atoms with Gasteiger partial charge in [0.1, 0.15) is 5.69 Å². The van der Waals surface area contributed by atoms with Crippen LogP contribution in [0.15, 0.2) is 44.7 Å².